The van der Waals surface area contributed by atoms with E-state index in [0.717, 1.165) is 29.6 Å². The Morgan fingerprint density at radius 2 is 1.93 bits per heavy atom. The van der Waals surface area contributed by atoms with Gasteiger partial charge in [-0.3, -0.25) is 0 Å². The van der Waals surface area contributed by atoms with Gasteiger partial charge in [0.15, 0.2) is 11.7 Å². The van der Waals surface area contributed by atoms with Gasteiger partial charge in [0.1, 0.15) is 17.5 Å². The normalized spacial score (nSPS) is 21.0. The van der Waals surface area contributed by atoms with Crippen molar-refractivity contribution in [1.29, 1.82) is 0 Å². The second-order valence-corrected chi connectivity index (χ2v) is 11.0. The molecule has 226 valence electrons. The highest BCUT2D eigenvalue weighted by atomic mass is 19.1. The van der Waals surface area contributed by atoms with Crippen LogP contribution in [0.5, 0.6) is 5.88 Å². The van der Waals surface area contributed by atoms with Crippen LogP contribution in [0.3, 0.4) is 0 Å². The van der Waals surface area contributed by atoms with Gasteiger partial charge in [0.2, 0.25) is 5.88 Å². The highest BCUT2D eigenvalue weighted by Gasteiger charge is 2.31. The summed E-state index contributed by atoms with van der Waals surface area (Å²) >= 11 is 0. The third kappa shape index (κ3) is 8.55. The fourth-order valence-corrected chi connectivity index (χ4v) is 4.49. The van der Waals surface area contributed by atoms with Gasteiger partial charge in [0.25, 0.3) is 0 Å². The predicted molar refractivity (Wildman–Crippen MR) is 160 cm³/mol. The number of piperazine rings is 1. The minimum absolute atomic E-state index is 0.0668. The topological polar surface area (TPSA) is 79.7 Å². The van der Waals surface area contributed by atoms with Gasteiger partial charge in [-0.2, -0.15) is 0 Å². The first-order valence-corrected chi connectivity index (χ1v) is 14.6. The summed E-state index contributed by atoms with van der Waals surface area (Å²) in [4.78, 5) is 27.1. The number of allylic oxidation sites excluding steroid dienone is 3. The monoisotopic (exact) mass is 571 g/mol. The van der Waals surface area contributed by atoms with E-state index in [1.54, 1.807) is 23.0 Å². The Labute approximate surface area is 244 Å². The van der Waals surface area contributed by atoms with Crippen molar-refractivity contribution in [3.63, 3.8) is 0 Å². The summed E-state index contributed by atoms with van der Waals surface area (Å²) in [6.45, 7) is 16.6. The fourth-order valence-electron chi connectivity index (χ4n) is 4.49. The second kappa shape index (κ2) is 14.5. The number of ether oxygens (including phenoxy) is 3. The molecule has 1 atom stereocenters. The zero-order valence-corrected chi connectivity index (χ0v) is 25.9. The summed E-state index contributed by atoms with van der Waals surface area (Å²) in [5.41, 5.74) is 2.16. The van der Waals surface area contributed by atoms with Crippen molar-refractivity contribution in [2.45, 2.75) is 73.0 Å². The third-order valence-corrected chi connectivity index (χ3v) is 6.71. The minimum Gasteiger partial charge on any atom is -0.471 e. The minimum atomic E-state index is -0.568. The van der Waals surface area contributed by atoms with Crippen LogP contribution in [0.2, 0.25) is 0 Å². The molecule has 0 aromatic carbocycles. The molecule has 3 aliphatic rings. The molecular weight excluding hydrogens is 525 g/mol. The zero-order valence-electron chi connectivity index (χ0n) is 25.9. The standard InChI is InChI=1S/C29H40FN5O4.C2H6/c1-7-20(2)17-23(22-9-8-11-31-27(22)38-21-10-16-37-19-21)25-32-26(24(30)18-33(25)6)34-12-14-35(15-13-34)28(36)39-29(3,4)5;1-2/h8-9,11,17-18,21H,7,10,12-16,19H2,1-6H3;1-2H3/b20-17-,25-23+;. The maximum absolute atomic E-state index is 15.3. The first kappa shape index (κ1) is 32.1. The van der Waals surface area contributed by atoms with Crippen molar-refractivity contribution in [2.75, 3.05) is 46.4 Å². The number of aliphatic imine (C=N–C) groups is 1. The molecule has 0 N–H and O–H groups in total. The number of hydrogen-bond donors (Lipinski definition) is 0. The number of nitrogens with zero attached hydrogens (tertiary/aromatic N) is 5. The van der Waals surface area contributed by atoms with E-state index in [1.807, 2.05) is 51.7 Å². The molecule has 2 saturated heterocycles. The van der Waals surface area contributed by atoms with Crippen molar-refractivity contribution < 1.29 is 23.4 Å². The molecule has 0 saturated carbocycles. The van der Waals surface area contributed by atoms with Gasteiger partial charge >= 0.3 is 6.09 Å². The number of pyridine rings is 1. The lowest BCUT2D eigenvalue weighted by atomic mass is 10.0. The summed E-state index contributed by atoms with van der Waals surface area (Å²) in [5, 5.41) is 0. The number of carbonyl (C=O) groups is 1. The molecule has 4 rings (SSSR count). The summed E-state index contributed by atoms with van der Waals surface area (Å²) in [7, 11) is 1.78. The van der Waals surface area contributed by atoms with Crippen LogP contribution >= 0.6 is 0 Å². The molecule has 10 heteroatoms. The quantitative estimate of drug-likeness (QED) is 0.428. The summed E-state index contributed by atoms with van der Waals surface area (Å²) in [6.07, 6.45) is 6.45. The molecule has 9 nitrogen and oxygen atoms in total. The van der Waals surface area contributed by atoms with Gasteiger partial charge in [0.05, 0.1) is 13.2 Å². The largest absolute Gasteiger partial charge is 0.471 e. The van der Waals surface area contributed by atoms with Crippen molar-refractivity contribution in [2.24, 2.45) is 4.99 Å². The van der Waals surface area contributed by atoms with E-state index < -0.39 is 11.4 Å². The van der Waals surface area contributed by atoms with Crippen LogP contribution < -0.4 is 4.74 Å². The van der Waals surface area contributed by atoms with E-state index in [9.17, 15) is 4.79 Å². The average Bonchev–Trinajstić information content (AvgIpc) is 3.46. The average molecular weight is 572 g/mol. The van der Waals surface area contributed by atoms with Crippen LogP contribution in [-0.2, 0) is 9.47 Å². The molecule has 3 aliphatic heterocycles. The van der Waals surface area contributed by atoms with Crippen molar-refractivity contribution in [3.8, 4) is 5.88 Å². The van der Waals surface area contributed by atoms with Crippen LogP contribution in [0.1, 0.15) is 66.9 Å². The van der Waals surface area contributed by atoms with Gasteiger partial charge in [0, 0.05) is 63.2 Å². The lowest BCUT2D eigenvalue weighted by molar-refractivity contribution is 0.0186. The molecule has 0 aliphatic carbocycles. The summed E-state index contributed by atoms with van der Waals surface area (Å²) in [5.74, 6) is 0.923. The molecule has 2 fully saturated rings. The van der Waals surface area contributed by atoms with E-state index in [1.165, 1.54) is 6.20 Å². The Bertz CT molecular complexity index is 1170. The molecule has 0 bridgehead atoms. The van der Waals surface area contributed by atoms with Crippen LogP contribution in [0.15, 0.2) is 52.8 Å². The van der Waals surface area contributed by atoms with Crippen LogP contribution in [0.25, 0.3) is 5.57 Å². The molecule has 1 aromatic heterocycles. The van der Waals surface area contributed by atoms with E-state index in [4.69, 9.17) is 19.2 Å². The molecule has 0 spiro atoms. The summed E-state index contributed by atoms with van der Waals surface area (Å²) < 4.78 is 32.6. The van der Waals surface area contributed by atoms with Crippen LogP contribution in [0, 0.1) is 0 Å². The predicted octanol–water partition coefficient (Wildman–Crippen LogP) is 6.01. The Morgan fingerprint density at radius 3 is 2.54 bits per heavy atom. The van der Waals surface area contributed by atoms with Gasteiger partial charge in [-0.25, -0.2) is 19.2 Å². The zero-order chi connectivity index (χ0) is 30.2. The SMILES string of the molecule is CC.CC/C(C)=C\C(=C1\N=C(N2CCN(C(=O)OC(C)(C)C)CC2)C(F)=CN1C)c1cccnc1OC1CCOC1. The number of amides is 1. The molecule has 1 unspecified atom stereocenters. The summed E-state index contributed by atoms with van der Waals surface area (Å²) in [6, 6.07) is 3.82. The van der Waals surface area contributed by atoms with E-state index in [0.29, 0.717) is 51.1 Å². The van der Waals surface area contributed by atoms with E-state index in [-0.39, 0.29) is 18.0 Å². The van der Waals surface area contributed by atoms with Gasteiger partial charge < -0.3 is 28.9 Å². The van der Waals surface area contributed by atoms with Crippen LogP contribution in [-0.4, -0.2) is 89.8 Å². The fraction of sp³-hybridized carbons (Fsp3) is 0.581. The Kier molecular flexibility index (Phi) is 11.3. The number of amidine groups is 1. The van der Waals surface area contributed by atoms with E-state index >= 15 is 4.39 Å². The lowest BCUT2D eigenvalue weighted by Gasteiger charge is -2.38. The van der Waals surface area contributed by atoms with E-state index in [2.05, 4.69) is 24.9 Å². The smallest absolute Gasteiger partial charge is 0.410 e. The number of aromatic nitrogens is 1. The van der Waals surface area contributed by atoms with Crippen molar-refractivity contribution >= 4 is 17.5 Å². The highest BCUT2D eigenvalue weighted by Crippen LogP contribution is 2.34. The Balaban J connectivity index is 0.00000226. The van der Waals surface area contributed by atoms with Gasteiger partial charge in [-0.1, -0.05) is 32.4 Å². The molecular formula is C31H46FN5O4. The number of halogens is 1. The first-order chi connectivity index (χ1) is 19.6. The van der Waals surface area contributed by atoms with Crippen LogP contribution in [0.4, 0.5) is 9.18 Å². The van der Waals surface area contributed by atoms with Crippen molar-refractivity contribution in [1.82, 2.24) is 19.7 Å². The molecule has 4 heterocycles. The number of rotatable bonds is 5. The maximum atomic E-state index is 15.3. The maximum Gasteiger partial charge on any atom is 0.410 e. The highest BCUT2D eigenvalue weighted by molar-refractivity contribution is 5.99. The molecule has 1 amide bonds. The molecule has 1 aromatic rings. The second-order valence-electron chi connectivity index (χ2n) is 11.0. The Morgan fingerprint density at radius 1 is 1.22 bits per heavy atom. The van der Waals surface area contributed by atoms with Gasteiger partial charge in [-0.05, 0) is 46.2 Å². The number of carbonyl (C=O) groups excluding carboxylic acids is 1. The Hall–Kier alpha value is -3.40. The third-order valence-electron chi connectivity index (χ3n) is 6.71. The van der Waals surface area contributed by atoms with Gasteiger partial charge in [-0.15, -0.1) is 0 Å². The first-order valence-electron chi connectivity index (χ1n) is 14.6. The lowest BCUT2D eigenvalue weighted by Crippen LogP contribution is -2.52. The number of hydrogen-bond acceptors (Lipinski definition) is 8. The molecule has 0 radical (unpaired) electrons. The molecule has 41 heavy (non-hydrogen) atoms. The van der Waals surface area contributed by atoms with Crippen molar-refractivity contribution in [3.05, 3.63) is 53.4 Å².